The van der Waals surface area contributed by atoms with Gasteiger partial charge in [-0.1, -0.05) is 46.5 Å². The van der Waals surface area contributed by atoms with Gasteiger partial charge in [0.15, 0.2) is 6.29 Å². The third-order valence-electron chi connectivity index (χ3n) is 2.86. The molecule has 15 heavy (non-hydrogen) atoms. The minimum absolute atomic E-state index is 0.0691. The lowest BCUT2D eigenvalue weighted by molar-refractivity contribution is -0.224. The molecule has 0 spiro atoms. The monoisotopic (exact) mass is 214 g/mol. The Bertz CT molecular complexity index is 156. The summed E-state index contributed by atoms with van der Waals surface area (Å²) < 4.78 is 11.4. The minimum atomic E-state index is 0.0691. The first-order valence-electron chi connectivity index (χ1n) is 6.37. The van der Waals surface area contributed by atoms with E-state index in [1.54, 1.807) is 0 Å². The van der Waals surface area contributed by atoms with E-state index in [4.69, 9.17) is 9.47 Å². The van der Waals surface area contributed by atoms with E-state index in [1.807, 2.05) is 0 Å². The highest BCUT2D eigenvalue weighted by Gasteiger charge is 2.27. The molecule has 0 radical (unpaired) electrons. The molecule has 1 aliphatic heterocycles. The molecule has 0 atom stereocenters. The van der Waals surface area contributed by atoms with Crippen molar-refractivity contribution in [3.8, 4) is 0 Å². The van der Waals surface area contributed by atoms with Crippen LogP contribution >= 0.6 is 0 Å². The SMILES string of the molecule is CCCCCCCC1OCC(C)(C)CO1. The van der Waals surface area contributed by atoms with Crippen molar-refractivity contribution in [2.75, 3.05) is 13.2 Å². The molecule has 1 aliphatic rings. The normalized spacial score (nSPS) is 21.8. The molecule has 1 rings (SSSR count). The second-order valence-corrected chi connectivity index (χ2v) is 5.42. The lowest BCUT2D eigenvalue weighted by Crippen LogP contribution is -2.37. The van der Waals surface area contributed by atoms with Crippen LogP contribution in [-0.4, -0.2) is 19.5 Å². The van der Waals surface area contributed by atoms with Gasteiger partial charge in [0.05, 0.1) is 13.2 Å². The van der Waals surface area contributed by atoms with Gasteiger partial charge in [-0.2, -0.15) is 0 Å². The molecule has 1 saturated heterocycles. The molecular weight excluding hydrogens is 188 g/mol. The van der Waals surface area contributed by atoms with Crippen molar-refractivity contribution in [3.05, 3.63) is 0 Å². The Kier molecular flexibility index (Phi) is 5.62. The fourth-order valence-corrected chi connectivity index (χ4v) is 1.81. The Hall–Kier alpha value is -0.0800. The van der Waals surface area contributed by atoms with Crippen molar-refractivity contribution in [1.29, 1.82) is 0 Å². The highest BCUT2D eigenvalue weighted by molar-refractivity contribution is 4.71. The minimum Gasteiger partial charge on any atom is -0.352 e. The van der Waals surface area contributed by atoms with E-state index in [-0.39, 0.29) is 11.7 Å². The van der Waals surface area contributed by atoms with Gasteiger partial charge in [-0.25, -0.2) is 0 Å². The standard InChI is InChI=1S/C13H26O2/c1-4-5-6-7-8-9-12-14-10-13(2,3)11-15-12/h12H,4-11H2,1-3H3. The Morgan fingerprint density at radius 2 is 1.60 bits per heavy atom. The van der Waals surface area contributed by atoms with Crippen LogP contribution in [0.2, 0.25) is 0 Å². The van der Waals surface area contributed by atoms with Crippen molar-refractivity contribution < 1.29 is 9.47 Å². The first-order valence-corrected chi connectivity index (χ1v) is 6.37. The third-order valence-corrected chi connectivity index (χ3v) is 2.86. The van der Waals surface area contributed by atoms with Crippen LogP contribution < -0.4 is 0 Å². The number of rotatable bonds is 6. The van der Waals surface area contributed by atoms with Crippen molar-refractivity contribution in [2.24, 2.45) is 5.41 Å². The van der Waals surface area contributed by atoms with E-state index in [2.05, 4.69) is 20.8 Å². The molecular formula is C13H26O2. The van der Waals surface area contributed by atoms with Crippen LogP contribution in [-0.2, 0) is 9.47 Å². The summed E-state index contributed by atoms with van der Waals surface area (Å²) in [6.45, 7) is 8.30. The summed E-state index contributed by atoms with van der Waals surface area (Å²) in [4.78, 5) is 0. The van der Waals surface area contributed by atoms with Gasteiger partial charge in [0.25, 0.3) is 0 Å². The predicted molar refractivity (Wildman–Crippen MR) is 62.8 cm³/mol. The van der Waals surface area contributed by atoms with Gasteiger partial charge in [0.1, 0.15) is 0 Å². The van der Waals surface area contributed by atoms with Gasteiger partial charge in [0, 0.05) is 5.41 Å². The topological polar surface area (TPSA) is 18.5 Å². The Morgan fingerprint density at radius 3 is 2.20 bits per heavy atom. The molecule has 0 amide bonds. The number of hydrogen-bond acceptors (Lipinski definition) is 2. The predicted octanol–water partition coefficient (Wildman–Crippen LogP) is 3.75. The van der Waals surface area contributed by atoms with Gasteiger partial charge in [0.2, 0.25) is 0 Å². The summed E-state index contributed by atoms with van der Waals surface area (Å²) >= 11 is 0. The smallest absolute Gasteiger partial charge is 0.157 e. The lowest BCUT2D eigenvalue weighted by Gasteiger charge is -2.34. The molecule has 0 aromatic heterocycles. The first-order chi connectivity index (χ1) is 7.14. The fraction of sp³-hybridized carbons (Fsp3) is 1.00. The average molecular weight is 214 g/mol. The van der Waals surface area contributed by atoms with Crippen molar-refractivity contribution in [2.45, 2.75) is 65.6 Å². The zero-order chi connectivity index (χ0) is 11.1. The maximum atomic E-state index is 5.68. The maximum Gasteiger partial charge on any atom is 0.157 e. The summed E-state index contributed by atoms with van der Waals surface area (Å²) in [5, 5.41) is 0. The first kappa shape index (κ1) is 13.0. The zero-order valence-corrected chi connectivity index (χ0v) is 10.6. The highest BCUT2D eigenvalue weighted by atomic mass is 16.7. The number of ether oxygens (including phenoxy) is 2. The van der Waals surface area contributed by atoms with Crippen LogP contribution in [0.1, 0.15) is 59.3 Å². The molecule has 0 saturated carbocycles. The third kappa shape index (κ3) is 5.53. The summed E-state index contributed by atoms with van der Waals surface area (Å²) in [6.07, 6.45) is 7.73. The van der Waals surface area contributed by atoms with Gasteiger partial charge >= 0.3 is 0 Å². The summed E-state index contributed by atoms with van der Waals surface area (Å²) in [7, 11) is 0. The molecule has 90 valence electrons. The summed E-state index contributed by atoms with van der Waals surface area (Å²) in [5.41, 5.74) is 0.207. The van der Waals surface area contributed by atoms with Crippen LogP contribution in [0.15, 0.2) is 0 Å². The van der Waals surface area contributed by atoms with Gasteiger partial charge in [-0.15, -0.1) is 0 Å². The van der Waals surface area contributed by atoms with E-state index in [1.165, 1.54) is 32.1 Å². The largest absolute Gasteiger partial charge is 0.352 e. The van der Waals surface area contributed by atoms with Crippen LogP contribution in [0, 0.1) is 5.41 Å². The zero-order valence-electron chi connectivity index (χ0n) is 10.6. The van der Waals surface area contributed by atoms with Crippen LogP contribution in [0.25, 0.3) is 0 Å². The van der Waals surface area contributed by atoms with Crippen LogP contribution in [0.4, 0.5) is 0 Å². The molecule has 1 heterocycles. The molecule has 0 unspecified atom stereocenters. The molecule has 2 heteroatoms. The van der Waals surface area contributed by atoms with E-state index in [0.717, 1.165) is 19.6 Å². The molecule has 0 aromatic carbocycles. The van der Waals surface area contributed by atoms with Crippen LogP contribution in [0.3, 0.4) is 0 Å². The number of hydrogen-bond donors (Lipinski definition) is 0. The molecule has 1 fully saturated rings. The Labute approximate surface area is 94.3 Å². The van der Waals surface area contributed by atoms with Crippen molar-refractivity contribution in [1.82, 2.24) is 0 Å². The lowest BCUT2D eigenvalue weighted by atomic mass is 9.95. The van der Waals surface area contributed by atoms with Crippen molar-refractivity contribution in [3.63, 3.8) is 0 Å². The van der Waals surface area contributed by atoms with E-state index >= 15 is 0 Å². The molecule has 0 aliphatic carbocycles. The second kappa shape index (κ2) is 6.49. The summed E-state index contributed by atoms with van der Waals surface area (Å²) in [5.74, 6) is 0. The Balaban J connectivity index is 1.99. The highest BCUT2D eigenvalue weighted by Crippen LogP contribution is 2.25. The van der Waals surface area contributed by atoms with E-state index in [0.29, 0.717) is 0 Å². The van der Waals surface area contributed by atoms with E-state index < -0.39 is 0 Å². The number of unbranched alkanes of at least 4 members (excludes halogenated alkanes) is 4. The second-order valence-electron chi connectivity index (χ2n) is 5.42. The van der Waals surface area contributed by atoms with Gasteiger partial charge < -0.3 is 9.47 Å². The van der Waals surface area contributed by atoms with Crippen LogP contribution in [0.5, 0.6) is 0 Å². The quantitative estimate of drug-likeness (QED) is 0.627. The average Bonchev–Trinajstić information content (AvgIpc) is 2.20. The maximum absolute atomic E-state index is 5.68. The van der Waals surface area contributed by atoms with Crippen molar-refractivity contribution >= 4 is 0 Å². The molecule has 2 nitrogen and oxygen atoms in total. The Morgan fingerprint density at radius 1 is 1.00 bits per heavy atom. The van der Waals surface area contributed by atoms with Gasteiger partial charge in [-0.05, 0) is 12.8 Å². The molecule has 0 bridgehead atoms. The molecule has 0 N–H and O–H groups in total. The fourth-order valence-electron chi connectivity index (χ4n) is 1.81. The van der Waals surface area contributed by atoms with Gasteiger partial charge in [-0.3, -0.25) is 0 Å². The summed E-state index contributed by atoms with van der Waals surface area (Å²) in [6, 6.07) is 0. The molecule has 0 aromatic rings. The van der Waals surface area contributed by atoms with E-state index in [9.17, 15) is 0 Å².